The van der Waals surface area contributed by atoms with Gasteiger partial charge in [-0.2, -0.15) is 0 Å². The second kappa shape index (κ2) is 20.9. The topological polar surface area (TPSA) is 66.8 Å². The number of phenols is 2. The Kier molecular flexibility index (Phi) is 16.8. The minimum Gasteiger partial charge on any atom is -0.508 e. The van der Waals surface area contributed by atoms with Gasteiger partial charge in [0.2, 0.25) is 0 Å². The van der Waals surface area contributed by atoms with Gasteiger partial charge in [-0.1, -0.05) is 92.0 Å². The molecule has 0 aliphatic carbocycles. The van der Waals surface area contributed by atoms with E-state index in [9.17, 15) is 15.0 Å². The molecule has 0 heterocycles. The van der Waals surface area contributed by atoms with Gasteiger partial charge < -0.3 is 14.9 Å². The van der Waals surface area contributed by atoms with Crippen LogP contribution in [-0.4, -0.2) is 16.2 Å². The number of rotatable bonds is 18. The number of allylic oxidation sites excluding steroid dienone is 12. The number of carbonyl (C=O) groups is 1. The molecule has 212 valence electrons. The molecule has 0 aliphatic rings. The van der Waals surface area contributed by atoms with Gasteiger partial charge in [0.25, 0.3) is 0 Å². The van der Waals surface area contributed by atoms with E-state index in [2.05, 4.69) is 73.8 Å². The van der Waals surface area contributed by atoms with E-state index in [1.165, 1.54) is 6.07 Å². The first-order valence-corrected chi connectivity index (χ1v) is 14.3. The van der Waals surface area contributed by atoms with Gasteiger partial charge in [-0.05, 0) is 93.2 Å². The summed E-state index contributed by atoms with van der Waals surface area (Å²) in [5.74, 6) is 0.338. The van der Waals surface area contributed by atoms with Crippen LogP contribution in [0.3, 0.4) is 0 Å². The van der Waals surface area contributed by atoms with E-state index in [0.29, 0.717) is 18.6 Å². The van der Waals surface area contributed by atoms with Gasteiger partial charge in [0.15, 0.2) is 0 Å². The van der Waals surface area contributed by atoms with Gasteiger partial charge in [-0.25, -0.2) is 0 Å². The van der Waals surface area contributed by atoms with Crippen LogP contribution in [0, 0.1) is 0 Å². The molecule has 0 saturated carbocycles. The summed E-state index contributed by atoms with van der Waals surface area (Å²) in [6.45, 7) is 2.15. The van der Waals surface area contributed by atoms with E-state index >= 15 is 0 Å². The van der Waals surface area contributed by atoms with Crippen molar-refractivity contribution in [1.82, 2.24) is 0 Å². The van der Waals surface area contributed by atoms with Crippen molar-refractivity contribution < 1.29 is 19.7 Å². The zero-order chi connectivity index (χ0) is 28.7. The van der Waals surface area contributed by atoms with Crippen molar-refractivity contribution in [2.24, 2.45) is 0 Å². The van der Waals surface area contributed by atoms with Crippen LogP contribution in [0.25, 0.3) is 0 Å². The minimum absolute atomic E-state index is 0.0722. The zero-order valence-electron chi connectivity index (χ0n) is 23.8. The molecule has 4 heteroatoms. The molecule has 4 nitrogen and oxygen atoms in total. The number of aromatic hydroxyl groups is 2. The van der Waals surface area contributed by atoms with Gasteiger partial charge >= 0.3 is 5.97 Å². The van der Waals surface area contributed by atoms with Crippen LogP contribution >= 0.6 is 0 Å². The summed E-state index contributed by atoms with van der Waals surface area (Å²) in [7, 11) is 0. The maximum Gasteiger partial charge on any atom is 0.311 e. The monoisotopic (exact) mass is 540 g/mol. The quantitative estimate of drug-likeness (QED) is 0.112. The summed E-state index contributed by atoms with van der Waals surface area (Å²) in [6, 6.07) is 12.0. The Morgan fingerprint density at radius 3 is 1.68 bits per heavy atom. The van der Waals surface area contributed by atoms with Crippen LogP contribution in [0.15, 0.2) is 115 Å². The highest BCUT2D eigenvalue weighted by molar-refractivity contribution is 5.72. The number of hydrogen-bond donors (Lipinski definition) is 2. The lowest BCUT2D eigenvalue weighted by atomic mass is 10.0. The summed E-state index contributed by atoms with van der Waals surface area (Å²) < 4.78 is 5.44. The molecule has 2 aromatic rings. The zero-order valence-corrected chi connectivity index (χ0v) is 23.8. The predicted molar refractivity (Wildman–Crippen MR) is 167 cm³/mol. The minimum atomic E-state index is -0.324. The van der Waals surface area contributed by atoms with Gasteiger partial charge in [-0.15, -0.1) is 0 Å². The third-order valence-electron chi connectivity index (χ3n) is 5.93. The number of benzene rings is 2. The molecular weight excluding hydrogens is 496 g/mol. The normalized spacial score (nSPS) is 12.3. The number of ether oxygens (including phenoxy) is 1. The molecule has 2 rings (SSSR count). The summed E-state index contributed by atoms with van der Waals surface area (Å²) in [5.41, 5.74) is 1.96. The molecule has 0 unspecified atom stereocenters. The van der Waals surface area contributed by atoms with Crippen LogP contribution < -0.4 is 4.74 Å². The fourth-order valence-electron chi connectivity index (χ4n) is 3.82. The molecule has 0 bridgehead atoms. The summed E-state index contributed by atoms with van der Waals surface area (Å²) in [6.07, 6.45) is 34.0. The first-order chi connectivity index (χ1) is 19.6. The second-order valence-corrected chi connectivity index (χ2v) is 9.43. The van der Waals surface area contributed by atoms with Crippen molar-refractivity contribution in [2.45, 2.75) is 71.1 Å². The lowest BCUT2D eigenvalue weighted by Crippen LogP contribution is -2.07. The Morgan fingerprint density at radius 2 is 1.12 bits per heavy atom. The molecule has 0 atom stereocenters. The SMILES string of the molecule is CC/C=C\C/C=C\C/C=C\C/C=C\C/C=C\C/C=C\CCC(=O)Oc1cc(O)cc(CCc2ccc(O)cc2)c1. The molecule has 2 N–H and O–H groups in total. The molecule has 0 spiro atoms. The first-order valence-electron chi connectivity index (χ1n) is 14.3. The molecule has 0 aromatic heterocycles. The van der Waals surface area contributed by atoms with Gasteiger partial charge in [0, 0.05) is 12.5 Å². The molecule has 0 fully saturated rings. The van der Waals surface area contributed by atoms with E-state index in [1.54, 1.807) is 24.3 Å². The van der Waals surface area contributed by atoms with Gasteiger partial charge in [-0.3, -0.25) is 4.79 Å². The van der Waals surface area contributed by atoms with Crippen molar-refractivity contribution in [3.8, 4) is 17.2 Å². The number of esters is 1. The molecule has 0 saturated heterocycles. The highest BCUT2D eigenvalue weighted by Gasteiger charge is 2.07. The number of hydrogen-bond acceptors (Lipinski definition) is 4. The van der Waals surface area contributed by atoms with Crippen LogP contribution in [0.5, 0.6) is 17.2 Å². The van der Waals surface area contributed by atoms with Crippen molar-refractivity contribution in [3.63, 3.8) is 0 Å². The van der Waals surface area contributed by atoms with Crippen molar-refractivity contribution in [3.05, 3.63) is 127 Å². The van der Waals surface area contributed by atoms with Crippen LogP contribution in [-0.2, 0) is 17.6 Å². The number of carbonyl (C=O) groups excluding carboxylic acids is 1. The van der Waals surface area contributed by atoms with E-state index in [0.717, 1.165) is 56.1 Å². The third-order valence-corrected chi connectivity index (χ3v) is 5.93. The molecule has 0 amide bonds. The van der Waals surface area contributed by atoms with Gasteiger partial charge in [0.1, 0.15) is 17.2 Å². The Morgan fingerprint density at radius 1 is 0.625 bits per heavy atom. The Labute approximate surface area is 240 Å². The van der Waals surface area contributed by atoms with E-state index in [4.69, 9.17) is 4.74 Å². The highest BCUT2D eigenvalue weighted by atomic mass is 16.5. The summed E-state index contributed by atoms with van der Waals surface area (Å²) >= 11 is 0. The first kappa shape index (κ1) is 32.2. The largest absolute Gasteiger partial charge is 0.508 e. The van der Waals surface area contributed by atoms with Crippen LogP contribution in [0.2, 0.25) is 0 Å². The molecule has 40 heavy (non-hydrogen) atoms. The lowest BCUT2D eigenvalue weighted by Gasteiger charge is -2.08. The Hall–Kier alpha value is -4.05. The fourth-order valence-corrected chi connectivity index (χ4v) is 3.82. The standard InChI is InChI=1S/C36H44O4/c1-2-3-4-5-6-7-8-9-10-11-12-13-14-15-16-17-18-19-20-21-36(39)40-35-29-32(28-34(38)30-35)23-22-31-24-26-33(37)27-25-31/h3-4,6-7,9-10,12-13,15-16,18-19,24-30,37-38H,2,5,8,11,14,17,20-23H2,1H3/b4-3-,7-6-,10-9-,13-12-,16-15-,19-18-. The lowest BCUT2D eigenvalue weighted by molar-refractivity contribution is -0.134. The molecule has 0 radical (unpaired) electrons. The van der Waals surface area contributed by atoms with Crippen LogP contribution in [0.4, 0.5) is 0 Å². The molecule has 0 aliphatic heterocycles. The number of aryl methyl sites for hydroxylation is 2. The maximum atomic E-state index is 12.2. The maximum absolute atomic E-state index is 12.2. The molecule has 2 aromatic carbocycles. The fraction of sp³-hybridized carbons (Fsp3) is 0.306. The van der Waals surface area contributed by atoms with Crippen molar-refractivity contribution in [1.29, 1.82) is 0 Å². The highest BCUT2D eigenvalue weighted by Crippen LogP contribution is 2.24. The summed E-state index contributed by atoms with van der Waals surface area (Å²) in [5, 5.41) is 19.4. The average Bonchev–Trinajstić information content (AvgIpc) is 2.93. The van der Waals surface area contributed by atoms with E-state index in [-0.39, 0.29) is 23.9 Å². The third kappa shape index (κ3) is 16.0. The summed E-state index contributed by atoms with van der Waals surface area (Å²) in [4.78, 5) is 12.2. The van der Waals surface area contributed by atoms with Gasteiger partial charge in [0.05, 0.1) is 0 Å². The van der Waals surface area contributed by atoms with Crippen molar-refractivity contribution >= 4 is 5.97 Å². The Balaban J connectivity index is 1.57. The predicted octanol–water partition coefficient (Wildman–Crippen LogP) is 9.27. The number of phenolic OH excluding ortho intramolecular Hbond substituents is 2. The Bertz CT molecular complexity index is 1160. The second-order valence-electron chi connectivity index (χ2n) is 9.43. The van der Waals surface area contributed by atoms with Crippen molar-refractivity contribution in [2.75, 3.05) is 0 Å². The average molecular weight is 541 g/mol. The van der Waals surface area contributed by atoms with E-state index in [1.807, 2.05) is 18.2 Å². The van der Waals surface area contributed by atoms with E-state index < -0.39 is 0 Å². The smallest absolute Gasteiger partial charge is 0.311 e. The molecular formula is C36H44O4. The van der Waals surface area contributed by atoms with Crippen LogP contribution in [0.1, 0.15) is 69.4 Å².